The molecule has 0 spiro atoms. The van der Waals surface area contributed by atoms with Gasteiger partial charge in [-0.2, -0.15) is 0 Å². The second kappa shape index (κ2) is 18.6. The lowest BCUT2D eigenvalue weighted by atomic mass is 9.67. The molecule has 1 aromatic heterocycles. The van der Waals surface area contributed by atoms with Crippen LogP contribution in [-0.4, -0.2) is 0 Å². The van der Waals surface area contributed by atoms with Crippen molar-refractivity contribution in [3.8, 4) is 55.6 Å². The van der Waals surface area contributed by atoms with Crippen LogP contribution in [0.4, 0.5) is 17.1 Å². The molecule has 0 saturated heterocycles. The van der Waals surface area contributed by atoms with E-state index in [0.717, 1.165) is 33.8 Å². The summed E-state index contributed by atoms with van der Waals surface area (Å²) in [5.74, 6) is 0. The molecular weight excluding hydrogens is 947 g/mol. The van der Waals surface area contributed by atoms with Gasteiger partial charge in [-0.15, -0.1) is 11.3 Å². The first-order valence-corrected chi connectivity index (χ1v) is 27.6. The molecular formula is C75H55NS. The number of hydrogen-bond acceptors (Lipinski definition) is 2. The van der Waals surface area contributed by atoms with Crippen LogP contribution < -0.4 is 4.90 Å². The molecule has 12 aromatic carbocycles. The van der Waals surface area contributed by atoms with Crippen LogP contribution in [0.15, 0.2) is 279 Å². The maximum absolute atomic E-state index is 2.56. The molecule has 0 bridgehead atoms. The molecule has 2 heteroatoms. The molecule has 0 atom stereocenters. The number of hydrogen-bond donors (Lipinski definition) is 0. The summed E-state index contributed by atoms with van der Waals surface area (Å²) in [5.41, 5.74) is 21.1. The van der Waals surface area contributed by atoms with E-state index in [1.165, 1.54) is 97.7 Å². The molecule has 77 heavy (non-hydrogen) atoms. The lowest BCUT2D eigenvalue weighted by Crippen LogP contribution is -2.28. The van der Waals surface area contributed by atoms with Gasteiger partial charge in [0.1, 0.15) is 0 Å². The Balaban J connectivity index is 1.04. The van der Waals surface area contributed by atoms with Crippen molar-refractivity contribution in [2.75, 3.05) is 4.90 Å². The largest absolute Gasteiger partial charge is 0.309 e. The van der Waals surface area contributed by atoms with E-state index in [1.54, 1.807) is 0 Å². The minimum atomic E-state index is -0.583. The molecule has 13 aromatic rings. The van der Waals surface area contributed by atoms with Gasteiger partial charge >= 0.3 is 0 Å². The van der Waals surface area contributed by atoms with Gasteiger partial charge in [0.15, 0.2) is 0 Å². The predicted molar refractivity (Wildman–Crippen MR) is 329 cm³/mol. The fourth-order valence-electron chi connectivity index (χ4n) is 12.4. The summed E-state index contributed by atoms with van der Waals surface area (Å²) in [4.78, 5) is 2.56. The summed E-state index contributed by atoms with van der Waals surface area (Å²) in [6, 6.07) is 104. The first-order valence-electron chi connectivity index (χ1n) is 26.8. The van der Waals surface area contributed by atoms with E-state index in [2.05, 4.69) is 305 Å². The van der Waals surface area contributed by atoms with E-state index in [-0.39, 0.29) is 5.41 Å². The van der Waals surface area contributed by atoms with Gasteiger partial charge in [-0.3, -0.25) is 0 Å². The highest BCUT2D eigenvalue weighted by Gasteiger charge is 2.46. The summed E-state index contributed by atoms with van der Waals surface area (Å²) >= 11 is 1.88. The second-order valence-electron chi connectivity index (χ2n) is 21.6. The van der Waals surface area contributed by atoms with E-state index in [0.29, 0.717) is 0 Å². The Morgan fingerprint density at radius 1 is 0.351 bits per heavy atom. The summed E-state index contributed by atoms with van der Waals surface area (Å²) in [6.07, 6.45) is 0. The van der Waals surface area contributed by atoms with E-state index in [1.807, 2.05) is 11.3 Å². The predicted octanol–water partition coefficient (Wildman–Crippen LogP) is 21.0. The van der Waals surface area contributed by atoms with E-state index >= 15 is 0 Å². The van der Waals surface area contributed by atoms with Gasteiger partial charge in [-0.25, -0.2) is 0 Å². The minimum absolute atomic E-state index is 0.0546. The number of anilines is 3. The Bertz CT molecular complexity index is 4300. The second-order valence-corrected chi connectivity index (χ2v) is 22.6. The molecule has 0 amide bonds. The minimum Gasteiger partial charge on any atom is -0.309 e. The molecule has 1 nitrogen and oxygen atoms in total. The topological polar surface area (TPSA) is 3.24 Å². The Labute approximate surface area is 455 Å². The maximum atomic E-state index is 2.56. The molecule has 1 aliphatic carbocycles. The highest BCUT2D eigenvalue weighted by atomic mass is 32.1. The Morgan fingerprint density at radius 2 is 0.909 bits per heavy atom. The zero-order chi connectivity index (χ0) is 51.7. The van der Waals surface area contributed by atoms with E-state index in [4.69, 9.17) is 0 Å². The van der Waals surface area contributed by atoms with Crippen molar-refractivity contribution in [1.82, 2.24) is 0 Å². The lowest BCUT2D eigenvalue weighted by molar-refractivity contribution is 0.590. The molecule has 0 aliphatic heterocycles. The summed E-state index contributed by atoms with van der Waals surface area (Å²) in [6.45, 7) is 6.84. The maximum Gasteiger partial charge on any atom is 0.0714 e. The fourth-order valence-corrected chi connectivity index (χ4v) is 13.7. The normalized spacial score (nSPS) is 12.7. The van der Waals surface area contributed by atoms with Gasteiger partial charge in [-0.1, -0.05) is 263 Å². The summed E-state index contributed by atoms with van der Waals surface area (Å²) < 4.78 is 2.63. The average Bonchev–Trinajstić information content (AvgIpc) is 4.08. The molecule has 366 valence electrons. The zero-order valence-electron chi connectivity index (χ0n) is 43.4. The Hall–Kier alpha value is -9.08. The van der Waals surface area contributed by atoms with Gasteiger partial charge in [0, 0.05) is 37.0 Å². The Kier molecular flexibility index (Phi) is 11.2. The first-order chi connectivity index (χ1) is 37.8. The first kappa shape index (κ1) is 46.5. The standard InChI is InChI=1S/C75H55NS/c1-74(2,3)56-42-38-50(39-43-56)55-41-46-69(66(48-55)51-20-7-4-8-21-51)76(59-44-45-63-62-28-15-17-32-67(62)75(68(63)49-59,57-23-9-5-10-24-57)58-25-11-6-12-26-58)70-47-40-52-22-13-14-27-60(52)72(70)54-36-34-53(35-37-54)61-30-19-31-65-64-29-16-18-33-71(64)77-73(61)65/h4-49H,1-3H3. The average molecular weight is 1000 g/mol. The van der Waals surface area contributed by atoms with Crippen LogP contribution in [0.25, 0.3) is 86.6 Å². The number of thiophene rings is 1. The molecule has 1 heterocycles. The van der Waals surface area contributed by atoms with Crippen molar-refractivity contribution < 1.29 is 0 Å². The van der Waals surface area contributed by atoms with Gasteiger partial charge < -0.3 is 4.90 Å². The molecule has 0 fully saturated rings. The smallest absolute Gasteiger partial charge is 0.0714 e. The molecule has 14 rings (SSSR count). The third-order valence-electron chi connectivity index (χ3n) is 16.1. The van der Waals surface area contributed by atoms with E-state index < -0.39 is 5.41 Å². The molecule has 0 radical (unpaired) electrons. The van der Waals surface area contributed by atoms with E-state index in [9.17, 15) is 0 Å². The van der Waals surface area contributed by atoms with Crippen molar-refractivity contribution in [1.29, 1.82) is 0 Å². The molecule has 1 aliphatic rings. The number of benzene rings is 12. The van der Waals surface area contributed by atoms with Gasteiger partial charge in [0.2, 0.25) is 0 Å². The van der Waals surface area contributed by atoms with Crippen LogP contribution in [0, 0.1) is 0 Å². The molecule has 0 saturated carbocycles. The zero-order valence-corrected chi connectivity index (χ0v) is 44.2. The third-order valence-corrected chi connectivity index (χ3v) is 17.4. The van der Waals surface area contributed by atoms with Crippen molar-refractivity contribution in [3.05, 3.63) is 307 Å². The van der Waals surface area contributed by atoms with Crippen LogP contribution in [0.1, 0.15) is 48.6 Å². The monoisotopic (exact) mass is 1000 g/mol. The summed E-state index contributed by atoms with van der Waals surface area (Å²) in [5, 5.41) is 5.01. The SMILES string of the molecule is CC(C)(C)c1ccc(-c2ccc(N(c3ccc4c(c3)C(c3ccccc3)(c3ccccc3)c3ccccc3-4)c3ccc4ccccc4c3-c3ccc(-c4cccc5c4sc4ccccc45)cc3)c(-c3ccccc3)c2)cc1. The highest BCUT2D eigenvalue weighted by molar-refractivity contribution is 7.26. The number of fused-ring (bicyclic) bond motifs is 7. The highest BCUT2D eigenvalue weighted by Crippen LogP contribution is 2.58. The summed E-state index contributed by atoms with van der Waals surface area (Å²) in [7, 11) is 0. The molecule has 0 unspecified atom stereocenters. The molecule has 0 N–H and O–H groups in total. The van der Waals surface area contributed by atoms with Gasteiger partial charge in [-0.05, 0) is 125 Å². The van der Waals surface area contributed by atoms with Crippen LogP contribution in [0.2, 0.25) is 0 Å². The number of rotatable bonds is 9. The van der Waals surface area contributed by atoms with Crippen LogP contribution >= 0.6 is 11.3 Å². The van der Waals surface area contributed by atoms with Crippen molar-refractivity contribution in [2.45, 2.75) is 31.6 Å². The van der Waals surface area contributed by atoms with Crippen LogP contribution in [0.3, 0.4) is 0 Å². The van der Waals surface area contributed by atoms with Gasteiger partial charge in [0.25, 0.3) is 0 Å². The van der Waals surface area contributed by atoms with Crippen LogP contribution in [-0.2, 0) is 10.8 Å². The fraction of sp³-hybridized carbons (Fsp3) is 0.0667. The lowest BCUT2D eigenvalue weighted by Gasteiger charge is -2.35. The Morgan fingerprint density at radius 3 is 1.65 bits per heavy atom. The van der Waals surface area contributed by atoms with Crippen molar-refractivity contribution in [2.24, 2.45) is 0 Å². The van der Waals surface area contributed by atoms with Gasteiger partial charge in [0.05, 0.1) is 16.8 Å². The number of nitrogens with zero attached hydrogens (tertiary/aromatic N) is 1. The van der Waals surface area contributed by atoms with Crippen molar-refractivity contribution in [3.63, 3.8) is 0 Å². The van der Waals surface area contributed by atoms with Crippen molar-refractivity contribution >= 4 is 59.3 Å². The van der Waals surface area contributed by atoms with Crippen LogP contribution in [0.5, 0.6) is 0 Å². The third kappa shape index (κ3) is 7.74. The quantitative estimate of drug-likeness (QED) is 0.139.